The van der Waals surface area contributed by atoms with E-state index in [0.29, 0.717) is 29.4 Å². The SMILES string of the molecule is CCCc1ccc(OC(=O)c2ccc(C3CCC(C[C@@H](C)c4ccccc4)CC3)cc2)cc1F. The van der Waals surface area contributed by atoms with E-state index in [1.54, 1.807) is 12.1 Å². The predicted octanol–water partition coefficient (Wildman–Crippen LogP) is 8.47. The molecule has 0 spiro atoms. The highest BCUT2D eigenvalue weighted by Crippen LogP contribution is 2.39. The van der Waals surface area contributed by atoms with Gasteiger partial charge < -0.3 is 4.74 Å². The van der Waals surface area contributed by atoms with Crippen LogP contribution in [0.25, 0.3) is 0 Å². The molecule has 0 bridgehead atoms. The summed E-state index contributed by atoms with van der Waals surface area (Å²) in [6.07, 6.45) is 7.70. The first-order valence-corrected chi connectivity index (χ1v) is 12.7. The number of ether oxygens (including phenoxy) is 1. The number of esters is 1. The summed E-state index contributed by atoms with van der Waals surface area (Å²) in [6.45, 7) is 4.35. The highest BCUT2D eigenvalue weighted by atomic mass is 19.1. The molecule has 4 rings (SSSR count). The Morgan fingerprint density at radius 2 is 1.68 bits per heavy atom. The highest BCUT2D eigenvalue weighted by molar-refractivity contribution is 5.91. The Morgan fingerprint density at radius 1 is 0.971 bits per heavy atom. The quantitative estimate of drug-likeness (QED) is 0.250. The van der Waals surface area contributed by atoms with Crippen molar-refractivity contribution in [2.75, 3.05) is 0 Å². The van der Waals surface area contributed by atoms with E-state index in [2.05, 4.69) is 49.4 Å². The van der Waals surface area contributed by atoms with Gasteiger partial charge in [0.15, 0.2) is 0 Å². The lowest BCUT2D eigenvalue weighted by Crippen LogP contribution is -2.15. The molecule has 0 unspecified atom stereocenters. The average molecular weight is 459 g/mol. The van der Waals surface area contributed by atoms with Crippen molar-refractivity contribution in [3.05, 3.63) is 101 Å². The summed E-state index contributed by atoms with van der Waals surface area (Å²) in [5.74, 6) is 1.40. The summed E-state index contributed by atoms with van der Waals surface area (Å²) in [4.78, 5) is 12.5. The normalized spacial score (nSPS) is 18.9. The Labute approximate surface area is 203 Å². The maximum Gasteiger partial charge on any atom is 0.343 e. The number of carbonyl (C=O) groups is 1. The Balaban J connectivity index is 1.29. The molecule has 0 saturated heterocycles. The van der Waals surface area contributed by atoms with Crippen molar-refractivity contribution < 1.29 is 13.9 Å². The lowest BCUT2D eigenvalue weighted by molar-refractivity contribution is 0.0734. The molecular weight excluding hydrogens is 423 g/mol. The lowest BCUT2D eigenvalue weighted by atomic mass is 9.75. The number of aryl methyl sites for hydroxylation is 1. The minimum Gasteiger partial charge on any atom is -0.423 e. The summed E-state index contributed by atoms with van der Waals surface area (Å²) in [7, 11) is 0. The molecule has 178 valence electrons. The summed E-state index contributed by atoms with van der Waals surface area (Å²) in [5.41, 5.74) is 3.87. The average Bonchev–Trinajstić information content (AvgIpc) is 2.87. The third-order valence-electron chi connectivity index (χ3n) is 7.27. The molecule has 1 saturated carbocycles. The van der Waals surface area contributed by atoms with E-state index in [0.717, 1.165) is 12.3 Å². The third-order valence-corrected chi connectivity index (χ3v) is 7.27. The van der Waals surface area contributed by atoms with Gasteiger partial charge in [-0.1, -0.05) is 68.8 Å². The number of benzene rings is 3. The summed E-state index contributed by atoms with van der Waals surface area (Å²) in [5, 5.41) is 0. The van der Waals surface area contributed by atoms with Crippen molar-refractivity contribution in [2.24, 2.45) is 5.92 Å². The van der Waals surface area contributed by atoms with Crippen LogP contribution in [0.15, 0.2) is 72.8 Å². The molecule has 3 aromatic rings. The van der Waals surface area contributed by atoms with Gasteiger partial charge in [-0.3, -0.25) is 0 Å². The summed E-state index contributed by atoms with van der Waals surface area (Å²) >= 11 is 0. The maximum atomic E-state index is 14.1. The number of rotatable bonds is 8. The molecule has 0 amide bonds. The molecule has 34 heavy (non-hydrogen) atoms. The Hall–Kier alpha value is -2.94. The second kappa shape index (κ2) is 11.5. The number of carbonyl (C=O) groups excluding carboxylic acids is 1. The van der Waals surface area contributed by atoms with Gasteiger partial charge in [-0.2, -0.15) is 0 Å². The molecule has 1 aliphatic rings. The fourth-order valence-electron chi connectivity index (χ4n) is 5.27. The molecule has 0 aliphatic heterocycles. The van der Waals surface area contributed by atoms with E-state index < -0.39 is 5.97 Å². The van der Waals surface area contributed by atoms with E-state index in [9.17, 15) is 9.18 Å². The smallest absolute Gasteiger partial charge is 0.343 e. The zero-order valence-electron chi connectivity index (χ0n) is 20.3. The number of hydrogen-bond acceptors (Lipinski definition) is 2. The third kappa shape index (κ3) is 6.14. The van der Waals surface area contributed by atoms with E-state index >= 15 is 0 Å². The van der Waals surface area contributed by atoms with E-state index in [1.165, 1.54) is 49.3 Å². The van der Waals surface area contributed by atoms with Gasteiger partial charge in [-0.05, 0) is 91.2 Å². The largest absolute Gasteiger partial charge is 0.423 e. The maximum absolute atomic E-state index is 14.1. The molecular formula is C31H35FO2. The zero-order valence-corrected chi connectivity index (χ0v) is 20.3. The van der Waals surface area contributed by atoms with Crippen molar-refractivity contribution in [3.8, 4) is 5.75 Å². The first kappa shape index (κ1) is 24.2. The van der Waals surface area contributed by atoms with E-state index in [-0.39, 0.29) is 11.6 Å². The van der Waals surface area contributed by atoms with Crippen LogP contribution in [-0.2, 0) is 6.42 Å². The molecule has 1 fully saturated rings. The van der Waals surface area contributed by atoms with Crippen molar-refractivity contribution in [2.45, 2.75) is 70.6 Å². The molecule has 0 radical (unpaired) electrons. The van der Waals surface area contributed by atoms with Crippen LogP contribution in [0.4, 0.5) is 4.39 Å². The Kier molecular flexibility index (Phi) is 8.16. The Bertz CT molecular complexity index is 1070. The van der Waals surface area contributed by atoms with Gasteiger partial charge in [-0.25, -0.2) is 9.18 Å². The first-order valence-electron chi connectivity index (χ1n) is 12.7. The van der Waals surface area contributed by atoms with Crippen molar-refractivity contribution >= 4 is 5.97 Å². The van der Waals surface area contributed by atoms with Crippen LogP contribution in [0.1, 0.15) is 91.3 Å². The van der Waals surface area contributed by atoms with Crippen molar-refractivity contribution in [1.82, 2.24) is 0 Å². The van der Waals surface area contributed by atoms with Gasteiger partial charge in [0, 0.05) is 6.07 Å². The van der Waals surface area contributed by atoms with Crippen LogP contribution >= 0.6 is 0 Å². The summed E-state index contributed by atoms with van der Waals surface area (Å²) in [6, 6.07) is 23.3. The van der Waals surface area contributed by atoms with Crippen LogP contribution < -0.4 is 4.74 Å². The monoisotopic (exact) mass is 458 g/mol. The highest BCUT2D eigenvalue weighted by Gasteiger charge is 2.24. The molecule has 0 aromatic heterocycles. The molecule has 2 nitrogen and oxygen atoms in total. The van der Waals surface area contributed by atoms with Crippen LogP contribution in [0.3, 0.4) is 0 Å². The van der Waals surface area contributed by atoms with Crippen LogP contribution in [-0.4, -0.2) is 5.97 Å². The van der Waals surface area contributed by atoms with Gasteiger partial charge in [-0.15, -0.1) is 0 Å². The van der Waals surface area contributed by atoms with Crippen molar-refractivity contribution in [1.29, 1.82) is 0 Å². The molecule has 3 aromatic carbocycles. The molecule has 1 aliphatic carbocycles. The molecule has 0 heterocycles. The van der Waals surface area contributed by atoms with Gasteiger partial charge >= 0.3 is 5.97 Å². The number of hydrogen-bond donors (Lipinski definition) is 0. The van der Waals surface area contributed by atoms with Crippen LogP contribution in [0.2, 0.25) is 0 Å². The Morgan fingerprint density at radius 3 is 2.32 bits per heavy atom. The number of halogens is 1. The van der Waals surface area contributed by atoms with E-state index in [4.69, 9.17) is 4.74 Å². The van der Waals surface area contributed by atoms with Gasteiger partial charge in [0.05, 0.1) is 5.56 Å². The lowest BCUT2D eigenvalue weighted by Gasteiger charge is -2.30. The van der Waals surface area contributed by atoms with Crippen molar-refractivity contribution in [3.63, 3.8) is 0 Å². The topological polar surface area (TPSA) is 26.3 Å². The predicted molar refractivity (Wildman–Crippen MR) is 136 cm³/mol. The van der Waals surface area contributed by atoms with Gasteiger partial charge in [0.25, 0.3) is 0 Å². The zero-order chi connectivity index (χ0) is 23.9. The van der Waals surface area contributed by atoms with E-state index in [1.807, 2.05) is 19.1 Å². The van der Waals surface area contributed by atoms with Crippen LogP contribution in [0, 0.1) is 11.7 Å². The second-order valence-electron chi connectivity index (χ2n) is 9.78. The van der Waals surface area contributed by atoms with Crippen LogP contribution in [0.5, 0.6) is 5.75 Å². The second-order valence-corrected chi connectivity index (χ2v) is 9.78. The minimum absolute atomic E-state index is 0.245. The van der Waals surface area contributed by atoms with Gasteiger partial charge in [0.2, 0.25) is 0 Å². The van der Waals surface area contributed by atoms with Gasteiger partial charge in [0.1, 0.15) is 11.6 Å². The fourth-order valence-corrected chi connectivity index (χ4v) is 5.27. The fraction of sp³-hybridized carbons (Fsp3) is 0.387. The molecule has 3 heteroatoms. The molecule has 0 N–H and O–H groups in total. The molecule has 1 atom stereocenters. The standard InChI is InChI=1S/C31H35FO2/c1-3-7-27-18-19-29(21-30(27)32)34-31(33)28-16-14-26(15-17-28)25-12-10-23(11-13-25)20-22(2)24-8-5-4-6-9-24/h4-6,8-9,14-19,21-23,25H,3,7,10-13,20H2,1-2H3/t22-,23?,25?/m1/s1. The first-order chi connectivity index (χ1) is 16.5. The summed E-state index contributed by atoms with van der Waals surface area (Å²) < 4.78 is 19.5. The minimum atomic E-state index is -0.451.